The molecule has 2 amide bonds. The number of carbonyl (C=O) groups is 2. The maximum Gasteiger partial charge on any atom is 0.226 e. The Balaban J connectivity index is 1.58. The highest BCUT2D eigenvalue weighted by molar-refractivity contribution is 5.83. The Kier molecular flexibility index (Phi) is 4.01. The molecule has 0 aromatic rings. The number of rotatable bonds is 5. The van der Waals surface area contributed by atoms with Gasteiger partial charge in [-0.15, -0.1) is 0 Å². The third-order valence-corrected chi connectivity index (χ3v) is 6.34. The SMILES string of the molecule is CC(C)C(=O)NCCNC(=O)C12CC3CC(C)(CC(C)(C3)C1)C2. The summed E-state index contributed by atoms with van der Waals surface area (Å²) in [5.74, 6) is 1.01. The van der Waals surface area contributed by atoms with Gasteiger partial charge in [-0.05, 0) is 55.3 Å². The molecule has 4 aliphatic rings. The van der Waals surface area contributed by atoms with E-state index in [-0.39, 0.29) is 23.1 Å². The number of hydrogen-bond donors (Lipinski definition) is 2. The highest BCUT2D eigenvalue weighted by atomic mass is 16.2. The van der Waals surface area contributed by atoms with Crippen LogP contribution in [-0.4, -0.2) is 24.9 Å². The monoisotopic (exact) mass is 320 g/mol. The molecule has 0 saturated heterocycles. The van der Waals surface area contributed by atoms with Crippen LogP contribution in [0.3, 0.4) is 0 Å². The van der Waals surface area contributed by atoms with Crippen molar-refractivity contribution in [3.63, 3.8) is 0 Å². The van der Waals surface area contributed by atoms with E-state index in [4.69, 9.17) is 0 Å². The van der Waals surface area contributed by atoms with E-state index >= 15 is 0 Å². The average Bonchev–Trinajstić information content (AvgIpc) is 2.38. The molecule has 23 heavy (non-hydrogen) atoms. The van der Waals surface area contributed by atoms with Crippen LogP contribution < -0.4 is 10.6 Å². The maximum absolute atomic E-state index is 12.9. The fraction of sp³-hybridized carbons (Fsp3) is 0.895. The summed E-state index contributed by atoms with van der Waals surface area (Å²) in [4.78, 5) is 24.5. The zero-order valence-corrected chi connectivity index (χ0v) is 15.1. The van der Waals surface area contributed by atoms with Gasteiger partial charge in [0.1, 0.15) is 0 Å². The molecule has 130 valence electrons. The summed E-state index contributed by atoms with van der Waals surface area (Å²) >= 11 is 0. The van der Waals surface area contributed by atoms with E-state index in [1.807, 2.05) is 13.8 Å². The lowest BCUT2D eigenvalue weighted by molar-refractivity contribution is -0.170. The molecule has 4 nitrogen and oxygen atoms in total. The lowest BCUT2D eigenvalue weighted by atomic mass is 9.40. The molecule has 0 heterocycles. The highest BCUT2D eigenvalue weighted by Gasteiger charge is 2.62. The summed E-state index contributed by atoms with van der Waals surface area (Å²) < 4.78 is 0. The van der Waals surface area contributed by atoms with Gasteiger partial charge in [-0.2, -0.15) is 0 Å². The summed E-state index contributed by atoms with van der Waals surface area (Å²) in [6.45, 7) is 9.60. The minimum atomic E-state index is -0.148. The van der Waals surface area contributed by atoms with Gasteiger partial charge in [0.15, 0.2) is 0 Å². The molecular formula is C19H32N2O2. The lowest BCUT2D eigenvalue weighted by Gasteiger charge is -2.64. The zero-order chi connectivity index (χ0) is 16.9. The quantitative estimate of drug-likeness (QED) is 0.765. The van der Waals surface area contributed by atoms with E-state index in [9.17, 15) is 9.59 Å². The second kappa shape index (κ2) is 5.49. The zero-order valence-electron chi connectivity index (χ0n) is 15.1. The van der Waals surface area contributed by atoms with Crippen molar-refractivity contribution in [2.24, 2.45) is 28.1 Å². The topological polar surface area (TPSA) is 58.2 Å². The Labute approximate surface area is 140 Å². The third-order valence-electron chi connectivity index (χ3n) is 6.34. The number of amides is 2. The molecule has 0 aromatic carbocycles. The van der Waals surface area contributed by atoms with Gasteiger partial charge in [0.05, 0.1) is 5.41 Å². The van der Waals surface area contributed by atoms with Gasteiger partial charge in [0, 0.05) is 19.0 Å². The third kappa shape index (κ3) is 3.14. The Morgan fingerprint density at radius 2 is 1.52 bits per heavy atom. The molecule has 0 aliphatic heterocycles. The van der Waals surface area contributed by atoms with Crippen molar-refractivity contribution in [1.29, 1.82) is 0 Å². The van der Waals surface area contributed by atoms with Gasteiger partial charge in [0.2, 0.25) is 11.8 Å². The minimum absolute atomic E-state index is 0.00578. The van der Waals surface area contributed by atoms with Crippen LogP contribution in [0, 0.1) is 28.1 Å². The first kappa shape index (κ1) is 16.8. The number of hydrogen-bond acceptors (Lipinski definition) is 2. The number of carbonyl (C=O) groups excluding carboxylic acids is 2. The lowest BCUT2D eigenvalue weighted by Crippen LogP contribution is -2.60. The highest BCUT2D eigenvalue weighted by Crippen LogP contribution is 2.69. The average molecular weight is 320 g/mol. The van der Waals surface area contributed by atoms with Gasteiger partial charge in [0.25, 0.3) is 0 Å². The van der Waals surface area contributed by atoms with Crippen molar-refractivity contribution >= 4 is 11.8 Å². The minimum Gasteiger partial charge on any atom is -0.354 e. The summed E-state index contributed by atoms with van der Waals surface area (Å²) in [6.07, 6.45) is 7.08. The van der Waals surface area contributed by atoms with Crippen LogP contribution in [0.1, 0.15) is 66.2 Å². The molecule has 4 rings (SSSR count). The van der Waals surface area contributed by atoms with E-state index in [2.05, 4.69) is 24.5 Å². The van der Waals surface area contributed by atoms with Gasteiger partial charge in [-0.25, -0.2) is 0 Å². The number of nitrogens with one attached hydrogen (secondary N) is 2. The summed E-state index contributed by atoms with van der Waals surface area (Å²) in [7, 11) is 0. The molecule has 0 spiro atoms. The Morgan fingerprint density at radius 3 is 2.04 bits per heavy atom. The second-order valence-corrected chi connectivity index (χ2v) is 9.61. The van der Waals surface area contributed by atoms with Crippen molar-refractivity contribution in [1.82, 2.24) is 10.6 Å². The largest absolute Gasteiger partial charge is 0.354 e. The van der Waals surface area contributed by atoms with Crippen molar-refractivity contribution < 1.29 is 9.59 Å². The maximum atomic E-state index is 12.9. The van der Waals surface area contributed by atoms with E-state index in [1.165, 1.54) is 19.3 Å². The predicted octanol–water partition coefficient (Wildman–Crippen LogP) is 2.87. The van der Waals surface area contributed by atoms with E-state index in [0.29, 0.717) is 23.9 Å². The first-order valence-electron chi connectivity index (χ1n) is 9.22. The van der Waals surface area contributed by atoms with Crippen LogP contribution in [0.2, 0.25) is 0 Å². The van der Waals surface area contributed by atoms with Crippen LogP contribution in [0.15, 0.2) is 0 Å². The molecule has 2 unspecified atom stereocenters. The van der Waals surface area contributed by atoms with Crippen LogP contribution >= 0.6 is 0 Å². The van der Waals surface area contributed by atoms with Crippen LogP contribution in [-0.2, 0) is 9.59 Å². The van der Waals surface area contributed by atoms with Crippen LogP contribution in [0.25, 0.3) is 0 Å². The molecular weight excluding hydrogens is 288 g/mol. The van der Waals surface area contributed by atoms with Crippen LogP contribution in [0.5, 0.6) is 0 Å². The molecule has 4 aliphatic carbocycles. The summed E-state index contributed by atoms with van der Waals surface area (Å²) in [6, 6.07) is 0. The fourth-order valence-electron chi connectivity index (χ4n) is 6.45. The Hall–Kier alpha value is -1.06. The first-order valence-corrected chi connectivity index (χ1v) is 9.22. The van der Waals surface area contributed by atoms with Crippen molar-refractivity contribution in [2.45, 2.75) is 66.2 Å². The van der Waals surface area contributed by atoms with Gasteiger partial charge in [-0.3, -0.25) is 9.59 Å². The smallest absolute Gasteiger partial charge is 0.226 e. The van der Waals surface area contributed by atoms with Crippen LogP contribution in [0.4, 0.5) is 0 Å². The molecule has 0 radical (unpaired) electrons. The molecule has 0 aromatic heterocycles. The molecule has 2 atom stereocenters. The van der Waals surface area contributed by atoms with E-state index in [1.54, 1.807) is 0 Å². The van der Waals surface area contributed by atoms with Gasteiger partial charge < -0.3 is 10.6 Å². The van der Waals surface area contributed by atoms with E-state index in [0.717, 1.165) is 25.2 Å². The fourth-order valence-corrected chi connectivity index (χ4v) is 6.45. The Morgan fingerprint density at radius 1 is 0.957 bits per heavy atom. The first-order chi connectivity index (χ1) is 10.7. The molecule has 4 saturated carbocycles. The van der Waals surface area contributed by atoms with Gasteiger partial charge in [-0.1, -0.05) is 27.7 Å². The normalized spacial score (nSPS) is 41.2. The predicted molar refractivity (Wildman–Crippen MR) is 90.7 cm³/mol. The molecule has 4 fully saturated rings. The summed E-state index contributed by atoms with van der Waals surface area (Å²) in [5.41, 5.74) is 0.569. The molecule has 2 N–H and O–H groups in total. The van der Waals surface area contributed by atoms with Crippen molar-refractivity contribution in [3.05, 3.63) is 0 Å². The summed E-state index contributed by atoms with van der Waals surface area (Å²) in [5, 5.41) is 5.99. The van der Waals surface area contributed by atoms with Gasteiger partial charge >= 0.3 is 0 Å². The molecule has 4 bridgehead atoms. The standard InChI is InChI=1S/C19H32N2O2/c1-13(2)15(22)20-5-6-21-16(23)19-9-14-7-17(3,11-19)10-18(4,8-14)12-19/h13-14H,5-12H2,1-4H3,(H,20,22)(H,21,23). The molecule has 4 heteroatoms. The Bertz CT molecular complexity index is 495. The van der Waals surface area contributed by atoms with E-state index < -0.39 is 0 Å². The second-order valence-electron chi connectivity index (χ2n) is 9.61. The van der Waals surface area contributed by atoms with Crippen molar-refractivity contribution in [3.8, 4) is 0 Å². The van der Waals surface area contributed by atoms with Crippen molar-refractivity contribution in [2.75, 3.05) is 13.1 Å².